The molecule has 4 heteroatoms. The minimum absolute atomic E-state index is 0.179. The molecule has 2 atom stereocenters. The van der Waals surface area contributed by atoms with Crippen molar-refractivity contribution in [2.75, 3.05) is 26.7 Å². The van der Waals surface area contributed by atoms with Crippen LogP contribution in [0.1, 0.15) is 46.7 Å². The van der Waals surface area contributed by atoms with Crippen molar-refractivity contribution in [3.8, 4) is 0 Å². The van der Waals surface area contributed by atoms with Gasteiger partial charge in [0.2, 0.25) is 0 Å². The van der Waals surface area contributed by atoms with E-state index >= 15 is 0 Å². The van der Waals surface area contributed by atoms with Crippen LogP contribution in [0.2, 0.25) is 0 Å². The largest absolute Gasteiger partial charge is 0.341 e. The lowest BCUT2D eigenvalue weighted by Crippen LogP contribution is -2.30. The fourth-order valence-electron chi connectivity index (χ4n) is 4.11. The van der Waals surface area contributed by atoms with E-state index in [1.165, 1.54) is 5.56 Å². The van der Waals surface area contributed by atoms with Crippen LogP contribution in [-0.4, -0.2) is 42.1 Å². The van der Waals surface area contributed by atoms with E-state index in [0.717, 1.165) is 43.0 Å². The number of hydrogen-bond donors (Lipinski definition) is 1. The maximum absolute atomic E-state index is 13.0. The number of nitrogens with one attached hydrogen (secondary N) is 1. The third kappa shape index (κ3) is 3.49. The van der Waals surface area contributed by atoms with Gasteiger partial charge in [0.1, 0.15) is 0 Å². The van der Waals surface area contributed by atoms with Crippen molar-refractivity contribution in [3.05, 3.63) is 58.9 Å². The Morgan fingerprint density at radius 2 is 2.00 bits per heavy atom. The topological polar surface area (TPSA) is 37.3 Å². The number of likely N-dealkylation sites (tertiary alicyclic amines) is 1. The Hall–Kier alpha value is -2.07. The van der Waals surface area contributed by atoms with Crippen molar-refractivity contribution in [2.45, 2.75) is 33.2 Å². The highest BCUT2D eigenvalue weighted by Gasteiger charge is 2.29. The molecule has 3 rings (SSSR count). The molecule has 0 bridgehead atoms. The highest BCUT2D eigenvalue weighted by Crippen LogP contribution is 2.27. The van der Waals surface area contributed by atoms with E-state index in [1.54, 1.807) is 0 Å². The van der Waals surface area contributed by atoms with E-state index < -0.39 is 0 Å². The molecule has 0 spiro atoms. The fraction of sp³-hybridized carbons (Fsp3) is 0.476. The van der Waals surface area contributed by atoms with Crippen LogP contribution in [0.5, 0.6) is 0 Å². The molecule has 0 unspecified atom stereocenters. The van der Waals surface area contributed by atoms with Crippen LogP contribution in [-0.2, 0) is 0 Å². The summed E-state index contributed by atoms with van der Waals surface area (Å²) in [5.74, 6) is 0.749. The number of rotatable bonds is 5. The number of nitrogens with zero attached hydrogens (tertiary/aromatic N) is 2. The molecular formula is C21H29N3O. The molecule has 1 aromatic heterocycles. The van der Waals surface area contributed by atoms with Crippen LogP contribution in [0.15, 0.2) is 36.4 Å². The summed E-state index contributed by atoms with van der Waals surface area (Å²) in [4.78, 5) is 15.0. The van der Waals surface area contributed by atoms with Crippen LogP contribution in [0, 0.1) is 19.8 Å². The Kier molecular flexibility index (Phi) is 5.28. The Bertz CT molecular complexity index is 735. The molecule has 2 aromatic rings. The van der Waals surface area contributed by atoms with Gasteiger partial charge in [0.15, 0.2) is 0 Å². The van der Waals surface area contributed by atoms with E-state index in [1.807, 2.05) is 18.0 Å². The predicted molar refractivity (Wildman–Crippen MR) is 102 cm³/mol. The maximum atomic E-state index is 13.0. The van der Waals surface area contributed by atoms with Gasteiger partial charge in [-0.25, -0.2) is 0 Å². The summed E-state index contributed by atoms with van der Waals surface area (Å²) < 4.78 is 2.28. The first kappa shape index (κ1) is 17.7. The second-order valence-corrected chi connectivity index (χ2v) is 7.21. The molecule has 4 nitrogen and oxygen atoms in total. The van der Waals surface area contributed by atoms with Gasteiger partial charge >= 0.3 is 0 Å². The highest BCUT2D eigenvalue weighted by atomic mass is 16.2. The molecule has 0 aliphatic carbocycles. The first-order valence-electron chi connectivity index (χ1n) is 9.20. The van der Waals surface area contributed by atoms with E-state index in [0.29, 0.717) is 5.92 Å². The standard InChI is InChI=1S/C21H29N3O/c1-15-12-20(21(25)23-11-10-18(14-23)13-22-4)17(3)24(15)16(2)19-8-6-5-7-9-19/h5-9,12,16,18,22H,10-11,13-14H2,1-4H3/t16-,18+/m1/s1. The normalized spacial score (nSPS) is 18.6. The Balaban J connectivity index is 1.84. The first-order valence-corrected chi connectivity index (χ1v) is 9.20. The van der Waals surface area contributed by atoms with E-state index in [4.69, 9.17) is 0 Å². The Morgan fingerprint density at radius 1 is 1.28 bits per heavy atom. The van der Waals surface area contributed by atoms with Gasteiger partial charge in [0.25, 0.3) is 5.91 Å². The Morgan fingerprint density at radius 3 is 2.68 bits per heavy atom. The van der Waals surface area contributed by atoms with Gasteiger partial charge in [-0.15, -0.1) is 0 Å². The molecule has 1 aliphatic heterocycles. The van der Waals surface area contributed by atoms with Crippen LogP contribution >= 0.6 is 0 Å². The van der Waals surface area contributed by atoms with Crippen molar-refractivity contribution in [1.82, 2.24) is 14.8 Å². The number of amides is 1. The van der Waals surface area contributed by atoms with Gasteiger partial charge in [-0.1, -0.05) is 30.3 Å². The van der Waals surface area contributed by atoms with E-state index in [9.17, 15) is 4.79 Å². The summed E-state index contributed by atoms with van der Waals surface area (Å²) in [6.07, 6.45) is 1.09. The highest BCUT2D eigenvalue weighted by molar-refractivity contribution is 5.96. The minimum Gasteiger partial charge on any atom is -0.341 e. The van der Waals surface area contributed by atoms with Gasteiger partial charge in [0.05, 0.1) is 11.6 Å². The molecule has 1 aromatic carbocycles. The molecule has 1 aliphatic rings. The van der Waals surface area contributed by atoms with Crippen LogP contribution < -0.4 is 5.32 Å². The summed E-state index contributed by atoms with van der Waals surface area (Å²) in [5, 5.41) is 3.22. The molecule has 25 heavy (non-hydrogen) atoms. The third-order valence-corrected chi connectivity index (χ3v) is 5.45. The average molecular weight is 339 g/mol. The third-order valence-electron chi connectivity index (χ3n) is 5.45. The summed E-state index contributed by atoms with van der Waals surface area (Å²) >= 11 is 0. The molecule has 2 heterocycles. The van der Waals surface area contributed by atoms with Gasteiger partial charge in [0, 0.05) is 24.5 Å². The molecule has 1 amide bonds. The second-order valence-electron chi connectivity index (χ2n) is 7.21. The average Bonchev–Trinajstić information content (AvgIpc) is 3.19. The Labute approximate surface area is 150 Å². The van der Waals surface area contributed by atoms with Crippen molar-refractivity contribution < 1.29 is 4.79 Å². The fourth-order valence-corrected chi connectivity index (χ4v) is 4.11. The quantitative estimate of drug-likeness (QED) is 0.906. The summed E-state index contributed by atoms with van der Waals surface area (Å²) in [6.45, 7) is 9.06. The molecular weight excluding hydrogens is 310 g/mol. The van der Waals surface area contributed by atoms with Crippen molar-refractivity contribution in [1.29, 1.82) is 0 Å². The zero-order valence-electron chi connectivity index (χ0n) is 15.7. The molecule has 1 N–H and O–H groups in total. The smallest absolute Gasteiger partial charge is 0.255 e. The van der Waals surface area contributed by atoms with Crippen molar-refractivity contribution in [3.63, 3.8) is 0 Å². The van der Waals surface area contributed by atoms with Crippen LogP contribution in [0.4, 0.5) is 0 Å². The number of benzene rings is 1. The van der Waals surface area contributed by atoms with Gasteiger partial charge in [-0.05, 0) is 58.3 Å². The van der Waals surface area contributed by atoms with Crippen molar-refractivity contribution in [2.24, 2.45) is 5.92 Å². The lowest BCUT2D eigenvalue weighted by atomic mass is 10.1. The minimum atomic E-state index is 0.179. The molecule has 1 fully saturated rings. The van der Waals surface area contributed by atoms with Crippen LogP contribution in [0.25, 0.3) is 0 Å². The number of carbonyl (C=O) groups is 1. The lowest BCUT2D eigenvalue weighted by Gasteiger charge is -2.20. The molecule has 0 radical (unpaired) electrons. The van der Waals surface area contributed by atoms with Gasteiger partial charge < -0.3 is 14.8 Å². The second kappa shape index (κ2) is 7.44. The van der Waals surface area contributed by atoms with E-state index in [2.05, 4.69) is 61.0 Å². The number of hydrogen-bond acceptors (Lipinski definition) is 2. The van der Waals surface area contributed by atoms with Crippen LogP contribution in [0.3, 0.4) is 0 Å². The molecule has 0 saturated carbocycles. The number of aromatic nitrogens is 1. The predicted octanol–water partition coefficient (Wildman–Crippen LogP) is 3.40. The number of carbonyl (C=O) groups excluding carboxylic acids is 1. The van der Waals surface area contributed by atoms with Gasteiger partial charge in [-0.2, -0.15) is 0 Å². The summed E-state index contributed by atoms with van der Waals surface area (Å²) in [5.41, 5.74) is 4.32. The summed E-state index contributed by atoms with van der Waals surface area (Å²) in [7, 11) is 1.98. The SMILES string of the molecule is CNC[C@@H]1CCN(C(=O)c2cc(C)n([C@H](C)c3ccccc3)c2C)C1. The van der Waals surface area contributed by atoms with Gasteiger partial charge in [-0.3, -0.25) is 4.79 Å². The summed E-state index contributed by atoms with van der Waals surface area (Å²) in [6, 6.07) is 12.7. The zero-order valence-corrected chi connectivity index (χ0v) is 15.7. The lowest BCUT2D eigenvalue weighted by molar-refractivity contribution is 0.0786. The van der Waals surface area contributed by atoms with Crippen molar-refractivity contribution >= 4 is 5.91 Å². The molecule has 134 valence electrons. The maximum Gasteiger partial charge on any atom is 0.255 e. The first-order chi connectivity index (χ1) is 12.0. The molecule has 1 saturated heterocycles. The monoisotopic (exact) mass is 339 g/mol. The van der Waals surface area contributed by atoms with E-state index in [-0.39, 0.29) is 11.9 Å². The number of aryl methyl sites for hydroxylation is 1. The zero-order chi connectivity index (χ0) is 18.0.